The number of anilines is 2. The van der Waals surface area contributed by atoms with Gasteiger partial charge in [-0.3, -0.25) is 0 Å². The van der Waals surface area contributed by atoms with Crippen LogP contribution >= 0.6 is 11.6 Å². The minimum atomic E-state index is 0.244. The van der Waals surface area contributed by atoms with E-state index in [0.717, 1.165) is 29.7 Å². The van der Waals surface area contributed by atoms with Crippen LogP contribution in [0.15, 0.2) is 64.8 Å². The second-order valence-corrected chi connectivity index (χ2v) is 7.08. The predicted molar refractivity (Wildman–Crippen MR) is 118 cm³/mol. The standard InChI is InChI=1S/C22H24ClN5O/c1-2-3-11-29-19-6-4-5-15(13-19)12-16-14-20(24)26-22(25)21(16)28-27-18-9-7-17(23)8-10-18/h4-10,13-14H,2-3,11-12H2,1H3,(H4,24,25,26). The van der Waals surface area contributed by atoms with Crippen LogP contribution in [0.2, 0.25) is 5.02 Å². The zero-order valence-corrected chi connectivity index (χ0v) is 17.1. The second-order valence-electron chi connectivity index (χ2n) is 6.64. The maximum atomic E-state index is 6.08. The van der Waals surface area contributed by atoms with E-state index in [9.17, 15) is 0 Å². The van der Waals surface area contributed by atoms with Gasteiger partial charge in [-0.1, -0.05) is 37.1 Å². The first-order valence-corrected chi connectivity index (χ1v) is 9.87. The van der Waals surface area contributed by atoms with E-state index in [-0.39, 0.29) is 5.82 Å². The summed E-state index contributed by atoms with van der Waals surface area (Å²) < 4.78 is 5.80. The lowest BCUT2D eigenvalue weighted by molar-refractivity contribution is 0.309. The summed E-state index contributed by atoms with van der Waals surface area (Å²) in [5, 5.41) is 9.23. The zero-order valence-electron chi connectivity index (χ0n) is 16.3. The first-order valence-electron chi connectivity index (χ1n) is 9.49. The van der Waals surface area contributed by atoms with E-state index < -0.39 is 0 Å². The van der Waals surface area contributed by atoms with Gasteiger partial charge in [0.1, 0.15) is 17.3 Å². The molecular formula is C22H24ClN5O. The fraction of sp³-hybridized carbons (Fsp3) is 0.227. The van der Waals surface area contributed by atoms with Crippen molar-refractivity contribution in [2.45, 2.75) is 26.2 Å². The predicted octanol–water partition coefficient (Wildman–Crippen LogP) is 6.08. The molecule has 0 amide bonds. The molecule has 0 aliphatic carbocycles. The van der Waals surface area contributed by atoms with Crippen LogP contribution in [0.4, 0.5) is 23.0 Å². The number of hydrogen-bond donors (Lipinski definition) is 2. The zero-order chi connectivity index (χ0) is 20.6. The van der Waals surface area contributed by atoms with Crippen molar-refractivity contribution in [2.75, 3.05) is 18.1 Å². The third kappa shape index (κ3) is 5.93. The van der Waals surface area contributed by atoms with Crippen molar-refractivity contribution in [2.24, 2.45) is 10.2 Å². The van der Waals surface area contributed by atoms with Crippen LogP contribution < -0.4 is 16.2 Å². The molecule has 0 radical (unpaired) electrons. The molecule has 29 heavy (non-hydrogen) atoms. The molecule has 150 valence electrons. The highest BCUT2D eigenvalue weighted by atomic mass is 35.5. The highest BCUT2D eigenvalue weighted by molar-refractivity contribution is 6.30. The summed E-state index contributed by atoms with van der Waals surface area (Å²) in [5.74, 6) is 1.43. The molecule has 0 aliphatic heterocycles. The van der Waals surface area contributed by atoms with Crippen LogP contribution in [0.3, 0.4) is 0 Å². The molecule has 3 rings (SSSR count). The van der Waals surface area contributed by atoms with Crippen molar-refractivity contribution >= 4 is 34.6 Å². The number of nitrogens with two attached hydrogens (primary N) is 2. The van der Waals surface area contributed by atoms with Crippen LogP contribution in [0.1, 0.15) is 30.9 Å². The van der Waals surface area contributed by atoms with Crippen molar-refractivity contribution in [1.29, 1.82) is 0 Å². The number of unbranched alkanes of at least 4 members (excludes halogenated alkanes) is 1. The van der Waals surface area contributed by atoms with Crippen molar-refractivity contribution in [1.82, 2.24) is 4.98 Å². The first kappa shape index (κ1) is 20.6. The summed E-state index contributed by atoms with van der Waals surface area (Å²) in [6.45, 7) is 2.84. The van der Waals surface area contributed by atoms with E-state index >= 15 is 0 Å². The highest BCUT2D eigenvalue weighted by Gasteiger charge is 2.11. The van der Waals surface area contributed by atoms with Gasteiger partial charge in [-0.05, 0) is 60.0 Å². The Hall–Kier alpha value is -3.12. The fourth-order valence-corrected chi connectivity index (χ4v) is 2.93. The number of ether oxygens (including phenoxy) is 1. The number of nitrogens with zero attached hydrogens (tertiary/aromatic N) is 3. The molecule has 2 aromatic carbocycles. The van der Waals surface area contributed by atoms with Gasteiger partial charge in [0.15, 0.2) is 5.82 Å². The lowest BCUT2D eigenvalue weighted by Crippen LogP contribution is -2.01. The van der Waals surface area contributed by atoms with Gasteiger partial charge in [-0.15, -0.1) is 5.11 Å². The fourth-order valence-electron chi connectivity index (χ4n) is 2.80. The molecule has 0 aliphatic rings. The first-order chi connectivity index (χ1) is 14.0. The van der Waals surface area contributed by atoms with Crippen LogP contribution in [0.5, 0.6) is 5.75 Å². The van der Waals surface area contributed by atoms with Crippen LogP contribution in [0, 0.1) is 0 Å². The molecule has 0 saturated heterocycles. The van der Waals surface area contributed by atoms with Gasteiger partial charge in [-0.25, -0.2) is 4.98 Å². The van der Waals surface area contributed by atoms with E-state index in [2.05, 4.69) is 22.1 Å². The van der Waals surface area contributed by atoms with Gasteiger partial charge in [0, 0.05) is 11.4 Å². The number of hydrogen-bond acceptors (Lipinski definition) is 6. The molecule has 4 N–H and O–H groups in total. The normalized spacial score (nSPS) is 11.1. The quantitative estimate of drug-likeness (QED) is 0.347. The summed E-state index contributed by atoms with van der Waals surface area (Å²) in [7, 11) is 0. The Bertz CT molecular complexity index is 989. The monoisotopic (exact) mass is 409 g/mol. The lowest BCUT2D eigenvalue weighted by atomic mass is 10.0. The van der Waals surface area contributed by atoms with Crippen molar-refractivity contribution in [3.8, 4) is 5.75 Å². The second kappa shape index (κ2) is 9.89. The minimum absolute atomic E-state index is 0.244. The van der Waals surface area contributed by atoms with Crippen LogP contribution in [-0.2, 0) is 6.42 Å². The molecule has 0 fully saturated rings. The number of nitrogen functional groups attached to an aromatic ring is 2. The summed E-state index contributed by atoms with van der Waals surface area (Å²) in [6, 6.07) is 16.8. The maximum Gasteiger partial charge on any atom is 0.154 e. The van der Waals surface area contributed by atoms with E-state index in [1.165, 1.54) is 0 Å². The number of halogens is 1. The Morgan fingerprint density at radius 2 is 1.83 bits per heavy atom. The SMILES string of the molecule is CCCCOc1cccc(Cc2cc(N)nc(N)c2N=Nc2ccc(Cl)cc2)c1. The Morgan fingerprint density at radius 3 is 2.59 bits per heavy atom. The number of aromatic nitrogens is 1. The van der Waals surface area contributed by atoms with Gasteiger partial charge in [0.05, 0.1) is 12.3 Å². The van der Waals surface area contributed by atoms with Gasteiger partial charge < -0.3 is 16.2 Å². The van der Waals surface area contributed by atoms with Gasteiger partial charge in [0.25, 0.3) is 0 Å². The topological polar surface area (TPSA) is 98.9 Å². The average molecular weight is 410 g/mol. The molecule has 0 unspecified atom stereocenters. The Kier molecular flexibility index (Phi) is 7.03. The summed E-state index contributed by atoms with van der Waals surface area (Å²) in [5.41, 5.74) is 15.1. The maximum absolute atomic E-state index is 6.08. The summed E-state index contributed by atoms with van der Waals surface area (Å²) >= 11 is 5.91. The molecule has 0 saturated carbocycles. The Balaban J connectivity index is 1.85. The number of pyridine rings is 1. The lowest BCUT2D eigenvalue weighted by Gasteiger charge is -2.11. The van der Waals surface area contributed by atoms with Crippen molar-refractivity contribution < 1.29 is 4.74 Å². The molecule has 1 heterocycles. The van der Waals surface area contributed by atoms with Crippen LogP contribution in [0.25, 0.3) is 0 Å². The molecule has 1 aromatic heterocycles. The largest absolute Gasteiger partial charge is 0.494 e. The van der Waals surface area contributed by atoms with E-state index in [4.69, 9.17) is 27.8 Å². The molecule has 0 atom stereocenters. The third-order valence-electron chi connectivity index (χ3n) is 4.27. The minimum Gasteiger partial charge on any atom is -0.494 e. The third-order valence-corrected chi connectivity index (χ3v) is 4.52. The highest BCUT2D eigenvalue weighted by Crippen LogP contribution is 2.31. The average Bonchev–Trinajstić information content (AvgIpc) is 2.69. The van der Waals surface area contributed by atoms with Crippen molar-refractivity contribution in [3.63, 3.8) is 0 Å². The van der Waals surface area contributed by atoms with Gasteiger partial charge in [-0.2, -0.15) is 5.11 Å². The molecule has 7 heteroatoms. The molecule has 3 aromatic rings. The van der Waals surface area contributed by atoms with Crippen LogP contribution in [-0.4, -0.2) is 11.6 Å². The van der Waals surface area contributed by atoms with Crippen molar-refractivity contribution in [3.05, 3.63) is 70.7 Å². The Labute approximate surface area is 175 Å². The Morgan fingerprint density at radius 1 is 1.03 bits per heavy atom. The number of rotatable bonds is 8. The number of benzene rings is 2. The van der Waals surface area contributed by atoms with E-state index in [0.29, 0.717) is 35.2 Å². The van der Waals surface area contributed by atoms with Gasteiger partial charge in [0.2, 0.25) is 0 Å². The van der Waals surface area contributed by atoms with Gasteiger partial charge >= 0.3 is 0 Å². The molecular weight excluding hydrogens is 386 g/mol. The molecule has 0 bridgehead atoms. The number of azo groups is 1. The van der Waals surface area contributed by atoms with E-state index in [1.54, 1.807) is 30.3 Å². The smallest absolute Gasteiger partial charge is 0.154 e. The molecule has 0 spiro atoms. The summed E-state index contributed by atoms with van der Waals surface area (Å²) in [6.07, 6.45) is 2.70. The van der Waals surface area contributed by atoms with E-state index in [1.807, 2.05) is 24.3 Å². The molecule has 6 nitrogen and oxygen atoms in total. The summed E-state index contributed by atoms with van der Waals surface area (Å²) in [4.78, 5) is 4.13.